The molecular weight excluding hydrogens is 96.1 g/mol. The molecule has 3 saturated carbocycles. The van der Waals surface area contributed by atoms with Gasteiger partial charge in [0.15, 0.2) is 0 Å². The summed E-state index contributed by atoms with van der Waals surface area (Å²) in [6.45, 7) is 2.42. The Bertz CT molecular complexity index is 144. The average Bonchev–Trinajstić information content (AvgIpc) is 2.50. The van der Waals surface area contributed by atoms with Crippen molar-refractivity contribution in [2.45, 2.75) is 26.2 Å². The van der Waals surface area contributed by atoms with E-state index in [9.17, 15) is 0 Å². The molecule has 0 nitrogen and oxygen atoms in total. The van der Waals surface area contributed by atoms with E-state index in [4.69, 9.17) is 0 Å². The molecule has 0 aromatic heterocycles. The van der Waals surface area contributed by atoms with E-state index in [-0.39, 0.29) is 0 Å². The van der Waals surface area contributed by atoms with E-state index in [0.717, 1.165) is 11.3 Å². The molecule has 3 rings (SSSR count). The van der Waals surface area contributed by atoms with E-state index in [0.29, 0.717) is 0 Å². The Morgan fingerprint density at radius 3 is 2.25 bits per heavy atom. The topological polar surface area (TPSA) is 0 Å². The smallest absolute Gasteiger partial charge is 0.0232 e. The van der Waals surface area contributed by atoms with Gasteiger partial charge >= 0.3 is 0 Å². The Balaban J connectivity index is 1.94. The molecule has 0 saturated heterocycles. The lowest BCUT2D eigenvalue weighted by Gasteiger charge is -2.17. The Hall–Kier alpha value is 0. The Labute approximate surface area is 50.3 Å². The fourth-order valence-electron chi connectivity index (χ4n) is 3.16. The van der Waals surface area contributed by atoms with Crippen LogP contribution in [0.15, 0.2) is 0 Å². The molecule has 0 bridgehead atoms. The molecule has 3 aliphatic carbocycles. The molecule has 3 aliphatic rings. The van der Waals surface area contributed by atoms with Gasteiger partial charge in [0.2, 0.25) is 0 Å². The van der Waals surface area contributed by atoms with Crippen LogP contribution in [0, 0.1) is 23.2 Å². The highest BCUT2D eigenvalue weighted by molar-refractivity contribution is 5.26. The van der Waals surface area contributed by atoms with Crippen LogP contribution in [-0.4, -0.2) is 0 Å². The van der Waals surface area contributed by atoms with E-state index in [2.05, 4.69) is 6.92 Å². The minimum Gasteiger partial charge on any atom is -0.0622 e. The van der Waals surface area contributed by atoms with Crippen LogP contribution in [-0.2, 0) is 0 Å². The van der Waals surface area contributed by atoms with Gasteiger partial charge in [0.25, 0.3) is 0 Å². The summed E-state index contributed by atoms with van der Waals surface area (Å²) in [5, 5.41) is 0. The van der Waals surface area contributed by atoms with Gasteiger partial charge in [0.1, 0.15) is 0 Å². The van der Waals surface area contributed by atoms with Crippen LogP contribution in [0.25, 0.3) is 0 Å². The van der Waals surface area contributed by atoms with Gasteiger partial charge in [-0.1, -0.05) is 6.92 Å². The quantitative estimate of drug-likeness (QED) is 0.445. The van der Waals surface area contributed by atoms with Crippen LogP contribution >= 0.6 is 0 Å². The molecule has 0 heteroatoms. The molecular formula is C8H12. The van der Waals surface area contributed by atoms with Gasteiger partial charge in [-0.3, -0.25) is 0 Å². The molecule has 1 spiro atoms. The average molecular weight is 108 g/mol. The van der Waals surface area contributed by atoms with E-state index >= 15 is 0 Å². The van der Waals surface area contributed by atoms with Crippen molar-refractivity contribution in [1.29, 1.82) is 0 Å². The first-order valence-electron chi connectivity index (χ1n) is 3.84. The zero-order valence-electron chi connectivity index (χ0n) is 5.35. The molecule has 44 valence electrons. The molecule has 3 fully saturated rings. The lowest BCUT2D eigenvalue weighted by atomic mass is 9.88. The van der Waals surface area contributed by atoms with Crippen LogP contribution < -0.4 is 0 Å². The summed E-state index contributed by atoms with van der Waals surface area (Å²) in [6, 6.07) is 0. The number of rotatable bonds is 0. The molecule has 3 atom stereocenters. The summed E-state index contributed by atoms with van der Waals surface area (Å²) in [5.41, 5.74) is 0.999. The van der Waals surface area contributed by atoms with Crippen molar-refractivity contribution in [1.82, 2.24) is 0 Å². The van der Waals surface area contributed by atoms with E-state index in [1.54, 1.807) is 19.3 Å². The van der Waals surface area contributed by atoms with E-state index in [1.165, 1.54) is 11.8 Å². The number of fused-ring (bicyclic) bond motifs is 3. The van der Waals surface area contributed by atoms with Crippen molar-refractivity contribution < 1.29 is 0 Å². The maximum Gasteiger partial charge on any atom is -0.0232 e. The third-order valence-electron chi connectivity index (χ3n) is 3.79. The normalized spacial score (nSPS) is 61.9. The van der Waals surface area contributed by atoms with Gasteiger partial charge < -0.3 is 0 Å². The summed E-state index contributed by atoms with van der Waals surface area (Å²) in [5.74, 6) is 3.57. The van der Waals surface area contributed by atoms with Crippen LogP contribution in [0.2, 0.25) is 0 Å². The lowest BCUT2D eigenvalue weighted by molar-refractivity contribution is 0.316. The first-order chi connectivity index (χ1) is 3.84. The molecule has 8 heavy (non-hydrogen) atoms. The predicted molar refractivity (Wildman–Crippen MR) is 32.4 cm³/mol. The minimum atomic E-state index is 0.999. The van der Waals surface area contributed by atoms with E-state index in [1.807, 2.05) is 0 Å². The molecule has 0 radical (unpaired) electrons. The van der Waals surface area contributed by atoms with Gasteiger partial charge in [-0.25, -0.2) is 0 Å². The zero-order valence-corrected chi connectivity index (χ0v) is 5.35. The summed E-state index contributed by atoms with van der Waals surface area (Å²) >= 11 is 0. The summed E-state index contributed by atoms with van der Waals surface area (Å²) in [7, 11) is 0. The largest absolute Gasteiger partial charge is 0.0622 e. The molecule has 3 unspecified atom stereocenters. The standard InChI is InChI=1S/C8H12/c1-5-4-6-7(5)8(6)2-3-8/h5-7H,2-4H2,1H3. The van der Waals surface area contributed by atoms with E-state index < -0.39 is 0 Å². The first-order valence-corrected chi connectivity index (χ1v) is 3.84. The van der Waals surface area contributed by atoms with Crippen LogP contribution in [0.5, 0.6) is 0 Å². The van der Waals surface area contributed by atoms with Crippen molar-refractivity contribution in [3.05, 3.63) is 0 Å². The van der Waals surface area contributed by atoms with Crippen molar-refractivity contribution in [2.75, 3.05) is 0 Å². The third kappa shape index (κ3) is 0.206. The van der Waals surface area contributed by atoms with Crippen LogP contribution in [0.1, 0.15) is 26.2 Å². The highest BCUT2D eigenvalue weighted by atomic mass is 14.8. The maximum atomic E-state index is 2.42. The van der Waals surface area contributed by atoms with Gasteiger partial charge in [-0.15, -0.1) is 0 Å². The van der Waals surface area contributed by atoms with Crippen LogP contribution in [0.3, 0.4) is 0 Å². The van der Waals surface area contributed by atoms with Gasteiger partial charge in [-0.05, 0) is 42.4 Å². The van der Waals surface area contributed by atoms with Crippen molar-refractivity contribution >= 4 is 0 Å². The number of hydrogen-bond donors (Lipinski definition) is 0. The molecule has 0 aromatic carbocycles. The summed E-state index contributed by atoms with van der Waals surface area (Å²) in [4.78, 5) is 0. The molecule has 0 aromatic rings. The van der Waals surface area contributed by atoms with Gasteiger partial charge in [-0.2, -0.15) is 0 Å². The third-order valence-corrected chi connectivity index (χ3v) is 3.79. The fourth-order valence-corrected chi connectivity index (χ4v) is 3.16. The predicted octanol–water partition coefficient (Wildman–Crippen LogP) is 2.05. The summed E-state index contributed by atoms with van der Waals surface area (Å²) < 4.78 is 0. The molecule has 0 N–H and O–H groups in total. The molecule has 0 aliphatic heterocycles. The highest BCUT2D eigenvalue weighted by Crippen LogP contribution is 2.84. The second-order valence-electron chi connectivity index (χ2n) is 4.08. The molecule has 0 amide bonds. The van der Waals surface area contributed by atoms with Crippen molar-refractivity contribution in [2.24, 2.45) is 23.2 Å². The van der Waals surface area contributed by atoms with Crippen molar-refractivity contribution in [3.8, 4) is 0 Å². The fraction of sp³-hybridized carbons (Fsp3) is 1.00. The summed E-state index contributed by atoms with van der Waals surface area (Å²) in [6.07, 6.45) is 4.75. The Morgan fingerprint density at radius 2 is 2.12 bits per heavy atom. The number of hydrogen-bond acceptors (Lipinski definition) is 0. The highest BCUT2D eigenvalue weighted by Gasteiger charge is 2.77. The van der Waals surface area contributed by atoms with Crippen molar-refractivity contribution in [3.63, 3.8) is 0 Å². The first kappa shape index (κ1) is 3.92. The van der Waals surface area contributed by atoms with Gasteiger partial charge in [0, 0.05) is 0 Å². The second kappa shape index (κ2) is 0.778. The lowest BCUT2D eigenvalue weighted by Crippen LogP contribution is -2.10. The molecule has 0 heterocycles. The Morgan fingerprint density at radius 1 is 1.38 bits per heavy atom. The zero-order chi connectivity index (χ0) is 5.35. The van der Waals surface area contributed by atoms with Gasteiger partial charge in [0.05, 0.1) is 0 Å². The van der Waals surface area contributed by atoms with Crippen LogP contribution in [0.4, 0.5) is 0 Å². The monoisotopic (exact) mass is 108 g/mol. The Kier molecular flexibility index (Phi) is 0.381. The second-order valence-corrected chi connectivity index (χ2v) is 4.08. The SMILES string of the molecule is CC1CC2C1C21CC1. The minimum absolute atomic E-state index is 0.999. The maximum absolute atomic E-state index is 2.42.